The third-order valence-electron chi connectivity index (χ3n) is 8.61. The van der Waals surface area contributed by atoms with E-state index in [9.17, 15) is 28.7 Å². The number of carbonyl (C=O) groups is 3. The Morgan fingerprint density at radius 2 is 1.65 bits per heavy atom. The van der Waals surface area contributed by atoms with E-state index < -0.39 is 47.6 Å². The molecule has 17 heteroatoms. The molecule has 0 bridgehead atoms. The molecule has 1 unspecified atom stereocenters. The van der Waals surface area contributed by atoms with Crippen molar-refractivity contribution in [3.63, 3.8) is 0 Å². The van der Waals surface area contributed by atoms with Crippen LogP contribution in [-0.2, 0) is 9.53 Å². The summed E-state index contributed by atoms with van der Waals surface area (Å²) in [6.07, 6.45) is -2.08. The molecule has 3 N–H and O–H groups in total. The van der Waals surface area contributed by atoms with Crippen LogP contribution in [0, 0.1) is 5.82 Å². The number of anilines is 2. The van der Waals surface area contributed by atoms with Crippen molar-refractivity contribution in [1.82, 2.24) is 19.9 Å². The predicted octanol–water partition coefficient (Wildman–Crippen LogP) is 3.89. The lowest BCUT2D eigenvalue weighted by atomic mass is 10.1. The summed E-state index contributed by atoms with van der Waals surface area (Å²) in [6.45, 7) is 3.59. The number of hydrogen-bond donors (Lipinski definition) is 3. The highest BCUT2D eigenvalue weighted by Crippen LogP contribution is 2.37. The Balaban J connectivity index is 1.58. The summed E-state index contributed by atoms with van der Waals surface area (Å²) in [5.74, 6) is -0.109. The van der Waals surface area contributed by atoms with E-state index in [1.165, 1.54) is 59.9 Å². The Hall–Kier alpha value is -5.61. The van der Waals surface area contributed by atoms with Gasteiger partial charge in [-0.3, -0.25) is 14.5 Å². The Labute approximate surface area is 303 Å². The Bertz CT molecular complexity index is 2000. The van der Waals surface area contributed by atoms with Gasteiger partial charge in [-0.1, -0.05) is 11.6 Å². The largest absolute Gasteiger partial charge is 0.497 e. The molecule has 0 saturated carbocycles. The zero-order chi connectivity index (χ0) is 37.7. The number of benzene rings is 3. The van der Waals surface area contributed by atoms with E-state index in [0.29, 0.717) is 27.7 Å². The Morgan fingerprint density at radius 3 is 2.27 bits per heavy atom. The fourth-order valence-electron chi connectivity index (χ4n) is 5.91. The van der Waals surface area contributed by atoms with E-state index in [4.69, 9.17) is 26.1 Å². The molecule has 1 aliphatic heterocycles. The minimum absolute atomic E-state index is 0.116. The minimum Gasteiger partial charge on any atom is -0.497 e. The number of carbonyl (C=O) groups excluding carboxylic acids is 3. The normalized spacial score (nSPS) is 14.6. The molecule has 1 aromatic heterocycles. The molecule has 0 aliphatic carbocycles. The number of aromatic nitrogens is 2. The number of nitrogens with zero attached hydrogens (tertiary/aromatic N) is 5. The minimum atomic E-state index is -1.25. The molecule has 4 amide bonds. The monoisotopic (exact) mass is 739 g/mol. The van der Waals surface area contributed by atoms with Crippen LogP contribution in [0.15, 0.2) is 65.5 Å². The van der Waals surface area contributed by atoms with Crippen molar-refractivity contribution in [2.75, 3.05) is 62.7 Å². The van der Waals surface area contributed by atoms with Gasteiger partial charge in [0.1, 0.15) is 23.4 Å². The quantitative estimate of drug-likeness (QED) is 0.217. The van der Waals surface area contributed by atoms with Crippen molar-refractivity contribution < 1.29 is 38.1 Å². The number of alkyl carbamates (subject to hydrolysis) is 1. The van der Waals surface area contributed by atoms with Crippen molar-refractivity contribution >= 4 is 51.9 Å². The average molecular weight is 740 g/mol. The van der Waals surface area contributed by atoms with Gasteiger partial charge in [-0.2, -0.15) is 0 Å². The highest BCUT2D eigenvalue weighted by atomic mass is 35.5. The van der Waals surface area contributed by atoms with Gasteiger partial charge in [0.25, 0.3) is 5.56 Å². The molecule has 1 fully saturated rings. The summed E-state index contributed by atoms with van der Waals surface area (Å²) in [4.78, 5) is 61.6. The Morgan fingerprint density at radius 1 is 0.962 bits per heavy atom. The number of piperazine rings is 1. The maximum absolute atomic E-state index is 14.4. The third kappa shape index (κ3) is 7.97. The number of methoxy groups -OCH3 is 3. The zero-order valence-corrected chi connectivity index (χ0v) is 29.9. The van der Waals surface area contributed by atoms with Gasteiger partial charge in [-0.15, -0.1) is 0 Å². The van der Waals surface area contributed by atoms with E-state index >= 15 is 0 Å². The first-order valence-corrected chi connectivity index (χ1v) is 16.6. The summed E-state index contributed by atoms with van der Waals surface area (Å²) in [5.41, 5.74) is 0.460. The first-order chi connectivity index (χ1) is 24.9. The number of amides is 4. The lowest BCUT2D eigenvalue weighted by Crippen LogP contribution is -2.61. The number of fused-ring (bicyclic) bond motifs is 1. The molecule has 3 atom stereocenters. The summed E-state index contributed by atoms with van der Waals surface area (Å²) in [5, 5.41) is 17.7. The lowest BCUT2D eigenvalue weighted by molar-refractivity contribution is -0.136. The van der Waals surface area contributed by atoms with Crippen LogP contribution < -0.4 is 35.6 Å². The fourth-order valence-corrected chi connectivity index (χ4v) is 6.07. The van der Waals surface area contributed by atoms with Gasteiger partial charge in [-0.05, 0) is 68.4 Å². The number of hydrogen-bond acceptors (Lipinski definition) is 10. The van der Waals surface area contributed by atoms with Crippen LogP contribution >= 0.6 is 11.6 Å². The second-order valence-corrected chi connectivity index (χ2v) is 12.3. The van der Waals surface area contributed by atoms with Crippen LogP contribution in [0.25, 0.3) is 10.9 Å². The third-order valence-corrected chi connectivity index (χ3v) is 8.85. The molecular weight excluding hydrogens is 701 g/mol. The van der Waals surface area contributed by atoms with Crippen molar-refractivity contribution in [2.45, 2.75) is 32.0 Å². The molecule has 15 nitrogen and oxygen atoms in total. The topological polar surface area (TPSA) is 168 Å². The van der Waals surface area contributed by atoms with Crippen LogP contribution in [0.4, 0.5) is 25.4 Å². The number of aliphatic hydroxyl groups is 1. The summed E-state index contributed by atoms with van der Waals surface area (Å²) < 4.78 is 30.8. The fraction of sp³-hybridized carbons (Fsp3) is 0.343. The molecule has 1 saturated heterocycles. The summed E-state index contributed by atoms with van der Waals surface area (Å²) in [7, 11) is 4.08. The van der Waals surface area contributed by atoms with Crippen LogP contribution in [0.5, 0.6) is 11.5 Å². The number of halogens is 2. The highest BCUT2D eigenvalue weighted by Gasteiger charge is 2.35. The second-order valence-electron chi connectivity index (χ2n) is 11.9. The van der Waals surface area contributed by atoms with Crippen molar-refractivity contribution in [2.24, 2.45) is 0 Å². The molecule has 0 spiro atoms. The maximum atomic E-state index is 14.4. The van der Waals surface area contributed by atoms with Gasteiger partial charge in [-0.25, -0.2) is 23.6 Å². The summed E-state index contributed by atoms with van der Waals surface area (Å²) in [6, 6.07) is 12.0. The van der Waals surface area contributed by atoms with E-state index in [0.717, 1.165) is 7.11 Å². The van der Waals surface area contributed by atoms with Gasteiger partial charge in [0.2, 0.25) is 5.91 Å². The molecule has 52 heavy (non-hydrogen) atoms. The molecular formula is C35H39ClFN7O8. The van der Waals surface area contributed by atoms with E-state index in [-0.39, 0.29) is 43.1 Å². The molecule has 2 heterocycles. The van der Waals surface area contributed by atoms with Gasteiger partial charge in [0.15, 0.2) is 5.82 Å². The lowest BCUT2D eigenvalue weighted by Gasteiger charge is -2.40. The average Bonchev–Trinajstić information content (AvgIpc) is 3.14. The molecule has 0 radical (unpaired) electrons. The van der Waals surface area contributed by atoms with Gasteiger partial charge < -0.3 is 39.9 Å². The van der Waals surface area contributed by atoms with Crippen LogP contribution in [-0.4, -0.2) is 97.4 Å². The van der Waals surface area contributed by atoms with Crippen LogP contribution in [0.2, 0.25) is 5.02 Å². The van der Waals surface area contributed by atoms with Crippen LogP contribution in [0.3, 0.4) is 0 Å². The SMILES string of the molecule is COC(=O)N[C@@H](C(=O)N1CCN(n2c(C(C)N(C(=O)Nc3ccc(F)cc3)c3ccc(OC)cc3OC)nc3cc(Cl)ccc3c2=O)CC1)[C@@H](C)O. The van der Waals surface area contributed by atoms with Gasteiger partial charge >= 0.3 is 12.1 Å². The van der Waals surface area contributed by atoms with Crippen molar-refractivity contribution in [1.29, 1.82) is 0 Å². The van der Waals surface area contributed by atoms with Gasteiger partial charge in [0.05, 0.1) is 63.2 Å². The Kier molecular flexibility index (Phi) is 11.7. The second kappa shape index (κ2) is 16.2. The smallest absolute Gasteiger partial charge is 0.407 e. The van der Waals surface area contributed by atoms with Crippen LogP contribution in [0.1, 0.15) is 25.7 Å². The zero-order valence-electron chi connectivity index (χ0n) is 29.1. The maximum Gasteiger partial charge on any atom is 0.407 e. The standard InChI is InChI=1S/C35H39ClFN7O8/c1-20(43(28-13-11-25(50-3)19-29(28)51-4)34(48)38-24-9-7-23(37)8-10-24)31-39-27-18-22(36)6-12-26(27)32(46)44(31)42-16-14-41(15-17-42)33(47)30(21(2)45)40-35(49)52-5/h6-13,18-21,30,45H,14-17H2,1-5H3,(H,38,48)(H,40,49)/t20?,21-,30-/m1/s1. The van der Waals surface area contributed by atoms with Gasteiger partial charge in [0, 0.05) is 29.9 Å². The molecule has 1 aliphatic rings. The number of urea groups is 1. The highest BCUT2D eigenvalue weighted by molar-refractivity contribution is 6.31. The predicted molar refractivity (Wildman–Crippen MR) is 192 cm³/mol. The van der Waals surface area contributed by atoms with Crippen molar-refractivity contribution in [3.8, 4) is 11.5 Å². The number of ether oxygens (including phenoxy) is 3. The van der Waals surface area contributed by atoms with E-state index in [1.54, 1.807) is 48.3 Å². The molecule has 276 valence electrons. The number of aliphatic hydroxyl groups excluding tert-OH is 1. The van der Waals surface area contributed by atoms with E-state index in [1.807, 2.05) is 0 Å². The van der Waals surface area contributed by atoms with E-state index in [2.05, 4.69) is 15.4 Å². The summed E-state index contributed by atoms with van der Waals surface area (Å²) >= 11 is 6.33. The number of rotatable bonds is 10. The first-order valence-electron chi connectivity index (χ1n) is 16.2. The first kappa shape index (κ1) is 37.6. The molecule has 3 aromatic carbocycles. The molecule has 5 rings (SSSR count). The molecule has 4 aromatic rings. The van der Waals surface area contributed by atoms with Crippen molar-refractivity contribution in [3.05, 3.63) is 87.7 Å². The number of nitrogens with one attached hydrogen (secondary N) is 2.